The van der Waals surface area contributed by atoms with E-state index in [1.807, 2.05) is 18.2 Å². The zero-order valence-corrected chi connectivity index (χ0v) is 10.1. The molecule has 0 N–H and O–H groups in total. The third-order valence-corrected chi connectivity index (χ3v) is 3.20. The third-order valence-electron chi connectivity index (χ3n) is 3.20. The van der Waals surface area contributed by atoms with Gasteiger partial charge in [-0.1, -0.05) is 18.2 Å². The van der Waals surface area contributed by atoms with Crippen molar-refractivity contribution in [2.24, 2.45) is 0 Å². The van der Waals surface area contributed by atoms with E-state index >= 15 is 0 Å². The lowest BCUT2D eigenvalue weighted by Crippen LogP contribution is -1.98. The molecule has 0 radical (unpaired) electrons. The van der Waals surface area contributed by atoms with E-state index in [0.29, 0.717) is 0 Å². The molecule has 84 valence electrons. The highest BCUT2D eigenvalue weighted by molar-refractivity contribution is 5.78. The predicted octanol–water partition coefficient (Wildman–Crippen LogP) is 3.37. The van der Waals surface area contributed by atoms with Crippen LogP contribution in [0, 0.1) is 13.8 Å². The first kappa shape index (κ1) is 10.2. The molecule has 3 rings (SSSR count). The fraction of sp³-hybridized carbons (Fsp3) is 0.200. The summed E-state index contributed by atoms with van der Waals surface area (Å²) in [6, 6.07) is 4.24. The molecule has 2 aromatic rings. The molecule has 0 aliphatic heterocycles. The van der Waals surface area contributed by atoms with Crippen LogP contribution in [0.25, 0.3) is 17.1 Å². The fourth-order valence-corrected chi connectivity index (χ4v) is 2.05. The minimum atomic E-state index is 0.859. The molecule has 0 bridgehead atoms. The Hall–Kier alpha value is -1.96. The molecule has 0 saturated heterocycles. The number of hydrogen-bond acceptors (Lipinski definition) is 2. The summed E-state index contributed by atoms with van der Waals surface area (Å²) < 4.78 is 0. The molecule has 0 amide bonds. The molecular formula is C15H14N2. The molecule has 0 atom stereocenters. The van der Waals surface area contributed by atoms with Crippen molar-refractivity contribution >= 4 is 17.1 Å². The van der Waals surface area contributed by atoms with Crippen LogP contribution < -0.4 is 0 Å². The highest BCUT2D eigenvalue weighted by Gasteiger charge is 2.08. The van der Waals surface area contributed by atoms with Crippen LogP contribution in [0.4, 0.5) is 0 Å². The molecular weight excluding hydrogens is 208 g/mol. The maximum absolute atomic E-state index is 4.71. The van der Waals surface area contributed by atoms with Crippen LogP contribution in [-0.2, 0) is 6.42 Å². The predicted molar refractivity (Wildman–Crippen MR) is 70.9 cm³/mol. The average Bonchev–Trinajstić information content (AvgIpc) is 2.53. The first-order chi connectivity index (χ1) is 8.24. The van der Waals surface area contributed by atoms with E-state index in [0.717, 1.165) is 28.8 Å². The first-order valence-corrected chi connectivity index (χ1v) is 5.85. The molecule has 2 nitrogen and oxygen atoms in total. The van der Waals surface area contributed by atoms with E-state index in [1.54, 1.807) is 0 Å². The summed E-state index contributed by atoms with van der Waals surface area (Å²) in [5.74, 6) is 0. The van der Waals surface area contributed by atoms with Crippen molar-refractivity contribution in [3.8, 4) is 0 Å². The molecule has 1 aromatic heterocycles. The van der Waals surface area contributed by atoms with Crippen molar-refractivity contribution in [3.05, 3.63) is 52.9 Å². The van der Waals surface area contributed by atoms with E-state index in [-0.39, 0.29) is 0 Å². The monoisotopic (exact) mass is 222 g/mol. The first-order valence-electron chi connectivity index (χ1n) is 5.85. The van der Waals surface area contributed by atoms with Crippen molar-refractivity contribution in [1.29, 1.82) is 0 Å². The van der Waals surface area contributed by atoms with E-state index < -0.39 is 0 Å². The van der Waals surface area contributed by atoms with Gasteiger partial charge in [0.15, 0.2) is 0 Å². The Morgan fingerprint density at radius 2 is 1.65 bits per heavy atom. The fourth-order valence-electron chi connectivity index (χ4n) is 2.05. The summed E-state index contributed by atoms with van der Waals surface area (Å²) in [6.45, 7) is 4.22. The Bertz CT molecular complexity index is 652. The number of fused-ring (bicyclic) bond motifs is 2. The second-order valence-electron chi connectivity index (χ2n) is 4.47. The Morgan fingerprint density at radius 3 is 2.41 bits per heavy atom. The Balaban J connectivity index is 2.30. The summed E-state index contributed by atoms with van der Waals surface area (Å²) in [5.41, 5.74) is 6.57. The SMILES string of the molecule is Cc1cc2nc3c(nc2cc1C)CC=CC=C3. The summed E-state index contributed by atoms with van der Waals surface area (Å²) in [4.78, 5) is 9.40. The quantitative estimate of drug-likeness (QED) is 0.683. The van der Waals surface area contributed by atoms with Gasteiger partial charge in [-0.2, -0.15) is 0 Å². The summed E-state index contributed by atoms with van der Waals surface area (Å²) in [7, 11) is 0. The van der Waals surface area contributed by atoms with E-state index in [1.165, 1.54) is 11.1 Å². The van der Waals surface area contributed by atoms with Gasteiger partial charge in [-0.15, -0.1) is 0 Å². The van der Waals surface area contributed by atoms with Gasteiger partial charge in [-0.05, 0) is 43.2 Å². The highest BCUT2D eigenvalue weighted by Crippen LogP contribution is 2.20. The van der Waals surface area contributed by atoms with Crippen LogP contribution in [0.1, 0.15) is 22.5 Å². The molecule has 1 aliphatic rings. The number of hydrogen-bond donors (Lipinski definition) is 0. The molecule has 1 aromatic carbocycles. The van der Waals surface area contributed by atoms with Crippen molar-refractivity contribution in [3.63, 3.8) is 0 Å². The van der Waals surface area contributed by atoms with Crippen LogP contribution in [-0.4, -0.2) is 9.97 Å². The lowest BCUT2D eigenvalue weighted by atomic mass is 10.1. The maximum atomic E-state index is 4.71. The number of nitrogens with zero attached hydrogens (tertiary/aromatic N) is 2. The molecule has 1 heterocycles. The van der Waals surface area contributed by atoms with Gasteiger partial charge in [0.05, 0.1) is 22.4 Å². The van der Waals surface area contributed by atoms with Crippen molar-refractivity contribution < 1.29 is 0 Å². The van der Waals surface area contributed by atoms with Gasteiger partial charge >= 0.3 is 0 Å². The topological polar surface area (TPSA) is 25.8 Å². The normalized spacial score (nSPS) is 13.8. The number of allylic oxidation sites excluding steroid dienone is 3. The Kier molecular flexibility index (Phi) is 2.29. The van der Waals surface area contributed by atoms with Gasteiger partial charge in [0, 0.05) is 6.42 Å². The average molecular weight is 222 g/mol. The zero-order valence-electron chi connectivity index (χ0n) is 10.1. The highest BCUT2D eigenvalue weighted by atomic mass is 14.8. The van der Waals surface area contributed by atoms with E-state index in [9.17, 15) is 0 Å². The van der Waals surface area contributed by atoms with Crippen LogP contribution in [0.2, 0.25) is 0 Å². The minimum Gasteiger partial charge on any atom is -0.249 e. The van der Waals surface area contributed by atoms with Crippen molar-refractivity contribution in [2.45, 2.75) is 20.3 Å². The number of benzene rings is 1. The molecule has 0 saturated carbocycles. The Morgan fingerprint density at radius 1 is 0.941 bits per heavy atom. The lowest BCUT2D eigenvalue weighted by molar-refractivity contribution is 1.09. The summed E-state index contributed by atoms with van der Waals surface area (Å²) in [6.07, 6.45) is 9.07. The maximum Gasteiger partial charge on any atom is 0.0897 e. The molecule has 0 fully saturated rings. The van der Waals surface area contributed by atoms with Gasteiger partial charge < -0.3 is 0 Å². The smallest absolute Gasteiger partial charge is 0.0897 e. The molecule has 1 aliphatic carbocycles. The minimum absolute atomic E-state index is 0.859. The van der Waals surface area contributed by atoms with Gasteiger partial charge in [0.2, 0.25) is 0 Å². The summed E-state index contributed by atoms with van der Waals surface area (Å²) in [5, 5.41) is 0. The second kappa shape index (κ2) is 3.81. The van der Waals surface area contributed by atoms with Gasteiger partial charge in [-0.25, -0.2) is 9.97 Å². The lowest BCUT2D eigenvalue weighted by Gasteiger charge is -2.07. The van der Waals surface area contributed by atoms with Crippen LogP contribution >= 0.6 is 0 Å². The molecule has 0 spiro atoms. The number of aryl methyl sites for hydroxylation is 2. The number of aromatic nitrogens is 2. The van der Waals surface area contributed by atoms with Crippen molar-refractivity contribution in [2.75, 3.05) is 0 Å². The third kappa shape index (κ3) is 1.76. The molecule has 17 heavy (non-hydrogen) atoms. The van der Waals surface area contributed by atoms with E-state index in [2.05, 4.69) is 37.0 Å². The summed E-state index contributed by atoms with van der Waals surface area (Å²) >= 11 is 0. The van der Waals surface area contributed by atoms with Crippen LogP contribution in [0.15, 0.2) is 30.4 Å². The second-order valence-corrected chi connectivity index (χ2v) is 4.47. The van der Waals surface area contributed by atoms with Crippen LogP contribution in [0.5, 0.6) is 0 Å². The Labute approximate surface area is 101 Å². The van der Waals surface area contributed by atoms with Crippen LogP contribution in [0.3, 0.4) is 0 Å². The van der Waals surface area contributed by atoms with Gasteiger partial charge in [0.25, 0.3) is 0 Å². The largest absolute Gasteiger partial charge is 0.249 e. The number of rotatable bonds is 0. The van der Waals surface area contributed by atoms with Gasteiger partial charge in [-0.3, -0.25) is 0 Å². The van der Waals surface area contributed by atoms with Gasteiger partial charge in [0.1, 0.15) is 0 Å². The molecule has 0 unspecified atom stereocenters. The standard InChI is InChI=1S/C15H14N2/c1-10-8-14-15(9-11(10)2)17-13-7-5-3-4-6-12(13)16-14/h3-6,8-9H,7H2,1-2H3. The van der Waals surface area contributed by atoms with E-state index in [4.69, 9.17) is 4.98 Å². The molecule has 2 heteroatoms. The zero-order chi connectivity index (χ0) is 11.8. The van der Waals surface area contributed by atoms with Crippen molar-refractivity contribution in [1.82, 2.24) is 9.97 Å².